The molecule has 146 valence electrons. The number of halogens is 2. The fourth-order valence-electron chi connectivity index (χ4n) is 2.85. The first kappa shape index (κ1) is 19.9. The SMILES string of the molecule is Cc1ccc(-c2n[nH]c(=S)n2CCC(=O)NCCc2cc(F)cc(F)c2)cc1. The molecule has 0 aliphatic carbocycles. The smallest absolute Gasteiger partial charge is 0.221 e. The van der Waals surface area contributed by atoms with Gasteiger partial charge in [-0.3, -0.25) is 14.5 Å². The number of rotatable bonds is 7. The van der Waals surface area contributed by atoms with Gasteiger partial charge in [0.2, 0.25) is 5.91 Å². The van der Waals surface area contributed by atoms with Gasteiger partial charge in [-0.1, -0.05) is 29.8 Å². The number of aromatic amines is 1. The highest BCUT2D eigenvalue weighted by atomic mass is 32.1. The number of hydrogen-bond acceptors (Lipinski definition) is 3. The van der Waals surface area contributed by atoms with E-state index in [1.807, 2.05) is 31.2 Å². The Morgan fingerprint density at radius 1 is 1.18 bits per heavy atom. The van der Waals surface area contributed by atoms with Crippen LogP contribution in [-0.2, 0) is 17.8 Å². The molecule has 0 aliphatic heterocycles. The maximum Gasteiger partial charge on any atom is 0.221 e. The summed E-state index contributed by atoms with van der Waals surface area (Å²) in [6, 6.07) is 11.2. The van der Waals surface area contributed by atoms with E-state index in [2.05, 4.69) is 15.5 Å². The molecule has 0 bridgehead atoms. The Kier molecular flexibility index (Phi) is 6.30. The van der Waals surface area contributed by atoms with Gasteiger partial charge in [0.25, 0.3) is 0 Å². The van der Waals surface area contributed by atoms with Gasteiger partial charge >= 0.3 is 0 Å². The van der Waals surface area contributed by atoms with Gasteiger partial charge in [-0.25, -0.2) is 8.78 Å². The van der Waals surface area contributed by atoms with Gasteiger partial charge in [0.15, 0.2) is 10.6 Å². The van der Waals surface area contributed by atoms with E-state index in [1.54, 1.807) is 4.57 Å². The van der Waals surface area contributed by atoms with Crippen LogP contribution in [0.3, 0.4) is 0 Å². The zero-order valence-electron chi connectivity index (χ0n) is 15.3. The average Bonchev–Trinajstić information content (AvgIpc) is 3.00. The van der Waals surface area contributed by atoms with Crippen LogP contribution in [0.2, 0.25) is 0 Å². The molecule has 3 aromatic rings. The minimum absolute atomic E-state index is 0.171. The van der Waals surface area contributed by atoms with Crippen molar-refractivity contribution in [1.29, 1.82) is 0 Å². The summed E-state index contributed by atoms with van der Waals surface area (Å²) in [6.45, 7) is 2.67. The fourth-order valence-corrected chi connectivity index (χ4v) is 3.07. The van der Waals surface area contributed by atoms with Crippen LogP contribution >= 0.6 is 12.2 Å². The van der Waals surface area contributed by atoms with E-state index in [0.717, 1.165) is 17.2 Å². The van der Waals surface area contributed by atoms with Crippen molar-refractivity contribution in [2.75, 3.05) is 6.54 Å². The molecule has 5 nitrogen and oxygen atoms in total. The summed E-state index contributed by atoms with van der Waals surface area (Å²) in [5, 5.41) is 9.77. The lowest BCUT2D eigenvalue weighted by atomic mass is 10.1. The van der Waals surface area contributed by atoms with Gasteiger partial charge < -0.3 is 5.32 Å². The Labute approximate surface area is 166 Å². The molecule has 0 fully saturated rings. The Bertz CT molecular complexity index is 1010. The molecule has 2 N–H and O–H groups in total. The number of carbonyl (C=O) groups is 1. The van der Waals surface area contributed by atoms with Crippen molar-refractivity contribution in [3.63, 3.8) is 0 Å². The summed E-state index contributed by atoms with van der Waals surface area (Å²) in [5.41, 5.74) is 2.55. The predicted octanol–water partition coefficient (Wildman–Crippen LogP) is 3.94. The molecular weight excluding hydrogens is 382 g/mol. The van der Waals surface area contributed by atoms with E-state index in [1.165, 1.54) is 12.1 Å². The molecule has 1 heterocycles. The molecule has 0 radical (unpaired) electrons. The quantitative estimate of drug-likeness (QED) is 0.589. The Hall–Kier alpha value is -2.87. The lowest BCUT2D eigenvalue weighted by Gasteiger charge is -2.08. The minimum atomic E-state index is -0.626. The van der Waals surface area contributed by atoms with Crippen LogP contribution < -0.4 is 5.32 Å². The number of H-pyrrole nitrogens is 1. The van der Waals surface area contributed by atoms with Crippen LogP contribution in [0.1, 0.15) is 17.5 Å². The number of amides is 1. The third-order valence-corrected chi connectivity index (χ3v) is 4.60. The molecule has 8 heteroatoms. The molecule has 1 aromatic heterocycles. The number of aryl methyl sites for hydroxylation is 1. The van der Waals surface area contributed by atoms with Gasteiger partial charge in [-0.2, -0.15) is 5.10 Å². The second-order valence-electron chi connectivity index (χ2n) is 6.50. The molecule has 0 aliphatic rings. The van der Waals surface area contributed by atoms with Gasteiger partial charge in [0.05, 0.1) is 0 Å². The van der Waals surface area contributed by atoms with Gasteiger partial charge in [-0.15, -0.1) is 0 Å². The normalized spacial score (nSPS) is 10.8. The first-order valence-corrected chi connectivity index (χ1v) is 9.27. The van der Waals surface area contributed by atoms with E-state index in [4.69, 9.17) is 12.2 Å². The van der Waals surface area contributed by atoms with E-state index < -0.39 is 11.6 Å². The maximum atomic E-state index is 13.2. The first-order valence-electron chi connectivity index (χ1n) is 8.86. The summed E-state index contributed by atoms with van der Waals surface area (Å²) in [6.07, 6.45) is 0.560. The first-order chi connectivity index (χ1) is 13.4. The van der Waals surface area contributed by atoms with Crippen molar-refractivity contribution in [1.82, 2.24) is 20.1 Å². The number of nitrogens with one attached hydrogen (secondary N) is 2. The second-order valence-corrected chi connectivity index (χ2v) is 6.88. The number of aromatic nitrogens is 3. The third kappa shape index (κ3) is 5.10. The third-order valence-electron chi connectivity index (χ3n) is 4.29. The standard InChI is InChI=1S/C20H20F2N4OS/c1-13-2-4-15(5-3-13)19-24-25-20(28)26(19)9-7-18(27)23-8-6-14-10-16(21)12-17(22)11-14/h2-5,10-12H,6-9H2,1H3,(H,23,27)(H,25,28). The molecule has 28 heavy (non-hydrogen) atoms. The van der Waals surface area contributed by atoms with Gasteiger partial charge in [0, 0.05) is 31.1 Å². The highest BCUT2D eigenvalue weighted by Crippen LogP contribution is 2.18. The summed E-state index contributed by atoms with van der Waals surface area (Å²) in [4.78, 5) is 12.1. The van der Waals surface area contributed by atoms with Crippen LogP contribution in [0.15, 0.2) is 42.5 Å². The van der Waals surface area contributed by atoms with Crippen molar-refractivity contribution in [3.05, 3.63) is 70.0 Å². The van der Waals surface area contributed by atoms with Gasteiger partial charge in [0.1, 0.15) is 11.6 Å². The van der Waals surface area contributed by atoms with Crippen LogP contribution in [0.25, 0.3) is 11.4 Å². The van der Waals surface area contributed by atoms with Gasteiger partial charge in [-0.05, 0) is 43.3 Å². The molecule has 1 amide bonds. The lowest BCUT2D eigenvalue weighted by Crippen LogP contribution is -2.26. The molecule has 0 unspecified atom stereocenters. The molecule has 3 rings (SSSR count). The van der Waals surface area contributed by atoms with Crippen molar-refractivity contribution >= 4 is 18.1 Å². The van der Waals surface area contributed by atoms with Crippen molar-refractivity contribution < 1.29 is 13.6 Å². The second kappa shape index (κ2) is 8.88. The number of benzene rings is 2. The van der Waals surface area contributed by atoms with Crippen LogP contribution in [-0.4, -0.2) is 27.2 Å². The number of hydrogen-bond donors (Lipinski definition) is 2. The zero-order valence-corrected chi connectivity index (χ0v) is 16.2. The summed E-state index contributed by atoms with van der Waals surface area (Å²) in [7, 11) is 0. The molecule has 0 atom stereocenters. The monoisotopic (exact) mass is 402 g/mol. The Balaban J connectivity index is 1.55. The average molecular weight is 402 g/mol. The summed E-state index contributed by atoms with van der Waals surface area (Å²) < 4.78 is 28.6. The summed E-state index contributed by atoms with van der Waals surface area (Å²) in [5.74, 6) is -0.749. The van der Waals surface area contributed by atoms with E-state index in [-0.39, 0.29) is 12.3 Å². The van der Waals surface area contributed by atoms with Crippen LogP contribution in [0.4, 0.5) is 8.78 Å². The highest BCUT2D eigenvalue weighted by Gasteiger charge is 2.11. The fraction of sp³-hybridized carbons (Fsp3) is 0.250. The molecule has 0 saturated carbocycles. The number of nitrogens with zero attached hydrogens (tertiary/aromatic N) is 2. The topological polar surface area (TPSA) is 62.7 Å². The Morgan fingerprint density at radius 2 is 1.86 bits per heavy atom. The largest absolute Gasteiger partial charge is 0.356 e. The number of carbonyl (C=O) groups excluding carboxylic acids is 1. The molecule has 0 spiro atoms. The van der Waals surface area contributed by atoms with Crippen LogP contribution in [0, 0.1) is 23.3 Å². The predicted molar refractivity (Wildman–Crippen MR) is 105 cm³/mol. The highest BCUT2D eigenvalue weighted by molar-refractivity contribution is 7.71. The van der Waals surface area contributed by atoms with Crippen LogP contribution in [0.5, 0.6) is 0 Å². The van der Waals surface area contributed by atoms with Crippen molar-refractivity contribution in [2.24, 2.45) is 0 Å². The van der Waals surface area contributed by atoms with Crippen molar-refractivity contribution in [2.45, 2.75) is 26.3 Å². The van der Waals surface area contributed by atoms with Crippen molar-refractivity contribution in [3.8, 4) is 11.4 Å². The molecule has 0 saturated heterocycles. The molecule has 2 aromatic carbocycles. The van der Waals surface area contributed by atoms with E-state index in [9.17, 15) is 13.6 Å². The zero-order chi connectivity index (χ0) is 20.1. The van der Waals surface area contributed by atoms with E-state index in [0.29, 0.717) is 35.7 Å². The lowest BCUT2D eigenvalue weighted by molar-refractivity contribution is -0.121. The Morgan fingerprint density at radius 3 is 2.54 bits per heavy atom. The summed E-state index contributed by atoms with van der Waals surface area (Å²) >= 11 is 5.27. The van der Waals surface area contributed by atoms with E-state index >= 15 is 0 Å². The molecular formula is C20H20F2N4OS. The maximum absolute atomic E-state index is 13.2. The minimum Gasteiger partial charge on any atom is -0.356 e.